The summed E-state index contributed by atoms with van der Waals surface area (Å²) in [4.78, 5) is 15.0. The largest absolute Gasteiger partial charge is 0.293 e. The minimum absolute atomic E-state index is 0.0190. The predicted octanol–water partition coefficient (Wildman–Crippen LogP) is 4.05. The fraction of sp³-hybridized carbons (Fsp3) is 0.588. The average molecular weight is 277 g/mol. The van der Waals surface area contributed by atoms with E-state index < -0.39 is 0 Å². The van der Waals surface area contributed by atoms with Gasteiger partial charge in [-0.3, -0.25) is 9.69 Å². The highest BCUT2D eigenvalue weighted by molar-refractivity contribution is 6.00. The zero-order valence-electron chi connectivity index (χ0n) is 12.3. The van der Waals surface area contributed by atoms with Gasteiger partial charge < -0.3 is 0 Å². The Hall–Kier alpha value is -1.22. The highest BCUT2D eigenvalue weighted by atomic mass is 19.1. The van der Waals surface area contributed by atoms with Crippen LogP contribution in [-0.4, -0.2) is 29.8 Å². The number of hydrogen-bond donors (Lipinski definition) is 0. The number of nitrogens with zero attached hydrogens (tertiary/aromatic N) is 1. The minimum atomic E-state index is -0.287. The number of Topliss-reactive ketones (excluding diaryl/α,β-unsaturated/α-hetero) is 1. The van der Waals surface area contributed by atoms with Crippen molar-refractivity contribution in [2.45, 2.75) is 51.5 Å². The third-order valence-electron chi connectivity index (χ3n) is 4.09. The van der Waals surface area contributed by atoms with Gasteiger partial charge in [0, 0.05) is 5.56 Å². The van der Waals surface area contributed by atoms with Gasteiger partial charge >= 0.3 is 0 Å². The van der Waals surface area contributed by atoms with Crippen LogP contribution in [0, 0.1) is 5.82 Å². The number of benzene rings is 1. The summed E-state index contributed by atoms with van der Waals surface area (Å²) >= 11 is 0. The second-order valence-corrected chi connectivity index (χ2v) is 5.63. The Morgan fingerprint density at radius 1 is 1.20 bits per heavy atom. The molecule has 0 bridgehead atoms. The third-order valence-corrected chi connectivity index (χ3v) is 4.09. The summed E-state index contributed by atoms with van der Waals surface area (Å²) in [5.41, 5.74) is 0.639. The molecule has 0 aliphatic carbocycles. The molecule has 2 nitrogen and oxygen atoms in total. The van der Waals surface area contributed by atoms with Gasteiger partial charge in [-0.1, -0.05) is 26.2 Å². The molecule has 1 aliphatic heterocycles. The molecule has 1 aliphatic rings. The Kier molecular flexibility index (Phi) is 5.72. The van der Waals surface area contributed by atoms with Crippen LogP contribution >= 0.6 is 0 Å². The molecule has 1 saturated heterocycles. The molecule has 1 atom stereocenters. The van der Waals surface area contributed by atoms with Crippen LogP contribution in [0.2, 0.25) is 0 Å². The molecule has 110 valence electrons. The summed E-state index contributed by atoms with van der Waals surface area (Å²) in [6.45, 7) is 4.21. The highest BCUT2D eigenvalue weighted by Gasteiger charge is 2.28. The van der Waals surface area contributed by atoms with E-state index in [0.717, 1.165) is 32.4 Å². The lowest BCUT2D eigenvalue weighted by Gasteiger charge is -2.26. The van der Waals surface area contributed by atoms with Crippen LogP contribution in [0.5, 0.6) is 0 Å². The summed E-state index contributed by atoms with van der Waals surface area (Å²) in [5, 5.41) is 0. The van der Waals surface area contributed by atoms with E-state index in [0.29, 0.717) is 5.56 Å². The summed E-state index contributed by atoms with van der Waals surface area (Å²) < 4.78 is 13.0. The van der Waals surface area contributed by atoms with E-state index in [-0.39, 0.29) is 17.6 Å². The Bertz CT molecular complexity index is 423. The van der Waals surface area contributed by atoms with E-state index in [1.54, 1.807) is 12.1 Å². The first kappa shape index (κ1) is 15.2. The predicted molar refractivity (Wildman–Crippen MR) is 79.5 cm³/mol. The first-order chi connectivity index (χ1) is 9.72. The summed E-state index contributed by atoms with van der Waals surface area (Å²) in [6, 6.07) is 5.95. The summed E-state index contributed by atoms with van der Waals surface area (Å²) in [6.07, 6.45) is 6.70. The smallest absolute Gasteiger partial charge is 0.179 e. The topological polar surface area (TPSA) is 20.3 Å². The van der Waals surface area contributed by atoms with Gasteiger partial charge in [0.2, 0.25) is 0 Å². The Labute approximate surface area is 121 Å². The maximum absolute atomic E-state index is 13.0. The third kappa shape index (κ3) is 3.89. The fourth-order valence-corrected chi connectivity index (χ4v) is 2.93. The van der Waals surface area contributed by atoms with E-state index in [4.69, 9.17) is 0 Å². The maximum Gasteiger partial charge on any atom is 0.179 e. The molecule has 1 aromatic rings. The van der Waals surface area contributed by atoms with Crippen molar-refractivity contribution in [3.8, 4) is 0 Å². The lowest BCUT2D eigenvalue weighted by molar-refractivity contribution is 0.0835. The second kappa shape index (κ2) is 7.53. The molecular weight excluding hydrogens is 253 g/mol. The van der Waals surface area contributed by atoms with Gasteiger partial charge in [0.05, 0.1) is 6.04 Å². The van der Waals surface area contributed by atoms with Crippen LogP contribution in [0.4, 0.5) is 4.39 Å². The molecular formula is C17H24FNO. The van der Waals surface area contributed by atoms with Crippen molar-refractivity contribution in [3.63, 3.8) is 0 Å². The molecule has 20 heavy (non-hydrogen) atoms. The molecule has 2 rings (SSSR count). The Morgan fingerprint density at radius 2 is 1.85 bits per heavy atom. The lowest BCUT2D eigenvalue weighted by atomic mass is 9.97. The van der Waals surface area contributed by atoms with Crippen LogP contribution in [0.15, 0.2) is 24.3 Å². The van der Waals surface area contributed by atoms with Crippen LogP contribution in [-0.2, 0) is 0 Å². The van der Waals surface area contributed by atoms with Crippen molar-refractivity contribution in [2.75, 3.05) is 13.1 Å². The number of carbonyl (C=O) groups excluding carboxylic acids is 1. The molecule has 1 unspecified atom stereocenters. The zero-order valence-corrected chi connectivity index (χ0v) is 12.3. The van der Waals surface area contributed by atoms with E-state index >= 15 is 0 Å². The highest BCUT2D eigenvalue weighted by Crippen LogP contribution is 2.20. The maximum atomic E-state index is 13.0. The SMILES string of the molecule is CCCCCC(C(=O)c1ccc(F)cc1)N1CCCC1. The first-order valence-electron chi connectivity index (χ1n) is 7.76. The van der Waals surface area contributed by atoms with Crippen molar-refractivity contribution >= 4 is 5.78 Å². The van der Waals surface area contributed by atoms with Crippen molar-refractivity contribution in [3.05, 3.63) is 35.6 Å². The van der Waals surface area contributed by atoms with E-state index in [2.05, 4.69) is 11.8 Å². The van der Waals surface area contributed by atoms with Crippen LogP contribution in [0.3, 0.4) is 0 Å². The standard InChI is InChI=1S/C17H24FNO/c1-2-3-4-7-16(19-12-5-6-13-19)17(20)14-8-10-15(18)11-9-14/h8-11,16H,2-7,12-13H2,1H3. The molecule has 0 radical (unpaired) electrons. The van der Waals surface area contributed by atoms with Crippen molar-refractivity contribution < 1.29 is 9.18 Å². The molecule has 0 aromatic heterocycles. The number of carbonyl (C=O) groups is 1. The molecule has 0 amide bonds. The molecule has 0 saturated carbocycles. The number of hydrogen-bond acceptors (Lipinski definition) is 2. The van der Waals surface area contributed by atoms with Crippen LogP contribution in [0.1, 0.15) is 55.8 Å². The molecule has 1 aromatic carbocycles. The average Bonchev–Trinajstić information content (AvgIpc) is 2.98. The number of unbranched alkanes of at least 4 members (excludes halogenated alkanes) is 2. The molecule has 1 heterocycles. The van der Waals surface area contributed by atoms with Gasteiger partial charge in [-0.15, -0.1) is 0 Å². The van der Waals surface area contributed by atoms with Crippen molar-refractivity contribution in [2.24, 2.45) is 0 Å². The molecule has 0 N–H and O–H groups in total. The van der Waals surface area contributed by atoms with Gasteiger partial charge in [0.1, 0.15) is 5.82 Å². The Morgan fingerprint density at radius 3 is 2.45 bits per heavy atom. The first-order valence-corrected chi connectivity index (χ1v) is 7.76. The fourth-order valence-electron chi connectivity index (χ4n) is 2.93. The lowest BCUT2D eigenvalue weighted by Crippen LogP contribution is -2.39. The van der Waals surface area contributed by atoms with Gasteiger partial charge in [0.25, 0.3) is 0 Å². The van der Waals surface area contributed by atoms with E-state index in [9.17, 15) is 9.18 Å². The van der Waals surface area contributed by atoms with Gasteiger partial charge in [0.15, 0.2) is 5.78 Å². The van der Waals surface area contributed by atoms with Gasteiger partial charge in [-0.2, -0.15) is 0 Å². The normalized spacial score (nSPS) is 17.3. The number of likely N-dealkylation sites (tertiary alicyclic amines) is 1. The molecule has 3 heteroatoms. The number of halogens is 1. The number of ketones is 1. The monoisotopic (exact) mass is 277 g/mol. The van der Waals surface area contributed by atoms with E-state index in [1.807, 2.05) is 0 Å². The second-order valence-electron chi connectivity index (χ2n) is 5.63. The zero-order chi connectivity index (χ0) is 14.4. The quantitative estimate of drug-likeness (QED) is 0.553. The molecule has 0 spiro atoms. The summed E-state index contributed by atoms with van der Waals surface area (Å²) in [5.74, 6) is -0.131. The van der Waals surface area contributed by atoms with Crippen molar-refractivity contribution in [1.29, 1.82) is 0 Å². The van der Waals surface area contributed by atoms with Gasteiger partial charge in [-0.05, 0) is 56.6 Å². The Balaban J connectivity index is 2.07. The van der Waals surface area contributed by atoms with Gasteiger partial charge in [-0.25, -0.2) is 4.39 Å². The summed E-state index contributed by atoms with van der Waals surface area (Å²) in [7, 11) is 0. The van der Waals surface area contributed by atoms with Crippen molar-refractivity contribution in [1.82, 2.24) is 4.90 Å². The molecule has 1 fully saturated rings. The van der Waals surface area contributed by atoms with Crippen LogP contribution in [0.25, 0.3) is 0 Å². The number of rotatable bonds is 7. The van der Waals surface area contributed by atoms with E-state index in [1.165, 1.54) is 31.4 Å². The van der Waals surface area contributed by atoms with Crippen LogP contribution < -0.4 is 0 Å². The minimum Gasteiger partial charge on any atom is -0.293 e.